The highest BCUT2D eigenvalue weighted by molar-refractivity contribution is 5.98. The highest BCUT2D eigenvalue weighted by Gasteiger charge is 2.41. The van der Waals surface area contributed by atoms with Crippen molar-refractivity contribution in [1.29, 1.82) is 0 Å². The predicted octanol–water partition coefficient (Wildman–Crippen LogP) is 5.31. The molecule has 0 bridgehead atoms. The van der Waals surface area contributed by atoms with E-state index in [4.69, 9.17) is 9.90 Å². The molecule has 2 amide bonds. The van der Waals surface area contributed by atoms with E-state index in [1.165, 1.54) is 48.2 Å². The summed E-state index contributed by atoms with van der Waals surface area (Å²) in [6.45, 7) is 5.73. The maximum Gasteiger partial charge on any atom is 0.490 e. The number of hydrazine groups is 1. The lowest BCUT2D eigenvalue weighted by atomic mass is 9.83. The van der Waals surface area contributed by atoms with Gasteiger partial charge in [0.2, 0.25) is 11.8 Å². The van der Waals surface area contributed by atoms with Gasteiger partial charge in [0.1, 0.15) is 0 Å². The lowest BCUT2D eigenvalue weighted by Gasteiger charge is -2.38. The Morgan fingerprint density at radius 3 is 2.15 bits per heavy atom. The molecule has 33 heavy (non-hydrogen) atoms. The Hall–Kier alpha value is -2.42. The van der Waals surface area contributed by atoms with E-state index in [9.17, 15) is 22.8 Å². The van der Waals surface area contributed by atoms with Gasteiger partial charge in [-0.3, -0.25) is 9.59 Å². The van der Waals surface area contributed by atoms with Gasteiger partial charge in [0.05, 0.1) is 0 Å². The van der Waals surface area contributed by atoms with Crippen LogP contribution in [0.1, 0.15) is 76.3 Å². The molecular weight excluding hydrogens is 437 g/mol. The van der Waals surface area contributed by atoms with E-state index in [0.717, 1.165) is 6.42 Å². The monoisotopic (exact) mass is 470 g/mol. The first kappa shape index (κ1) is 26.8. The zero-order valence-corrected chi connectivity index (χ0v) is 19.2. The molecule has 1 saturated heterocycles. The molecule has 2 heterocycles. The van der Waals surface area contributed by atoms with Crippen molar-refractivity contribution < 1.29 is 32.7 Å². The first-order valence-corrected chi connectivity index (χ1v) is 11.5. The van der Waals surface area contributed by atoms with Crippen molar-refractivity contribution in [3.63, 3.8) is 0 Å². The number of halogens is 3. The molecule has 9 heteroatoms. The average molecular weight is 471 g/mol. The minimum Gasteiger partial charge on any atom is -0.475 e. The van der Waals surface area contributed by atoms with Crippen LogP contribution < -0.4 is 0 Å². The number of carboxylic acids is 1. The van der Waals surface area contributed by atoms with Gasteiger partial charge in [0.25, 0.3) is 0 Å². The summed E-state index contributed by atoms with van der Waals surface area (Å²) in [5, 5.41) is 10.5. The fourth-order valence-electron chi connectivity index (χ4n) is 4.34. The van der Waals surface area contributed by atoms with Crippen LogP contribution in [-0.4, -0.2) is 39.1 Å². The van der Waals surface area contributed by atoms with Crippen molar-refractivity contribution in [3.05, 3.63) is 35.4 Å². The van der Waals surface area contributed by atoms with Gasteiger partial charge in [-0.05, 0) is 29.9 Å². The third kappa shape index (κ3) is 7.55. The number of piperidine rings is 1. The van der Waals surface area contributed by atoms with Crippen LogP contribution in [0.3, 0.4) is 0 Å². The smallest absolute Gasteiger partial charge is 0.475 e. The Balaban J connectivity index is 0.000000479. The second kappa shape index (κ2) is 12.2. The molecule has 1 fully saturated rings. The molecule has 2 atom stereocenters. The van der Waals surface area contributed by atoms with Gasteiger partial charge in [-0.2, -0.15) is 13.2 Å². The van der Waals surface area contributed by atoms with Crippen molar-refractivity contribution in [2.24, 2.45) is 11.8 Å². The molecule has 1 N–H and O–H groups in total. The van der Waals surface area contributed by atoms with E-state index >= 15 is 0 Å². The van der Waals surface area contributed by atoms with Gasteiger partial charge in [-0.25, -0.2) is 14.8 Å². The summed E-state index contributed by atoms with van der Waals surface area (Å²) >= 11 is 0. The lowest BCUT2D eigenvalue weighted by molar-refractivity contribution is -0.192. The highest BCUT2D eigenvalue weighted by Crippen LogP contribution is 2.33. The Morgan fingerprint density at radius 2 is 1.64 bits per heavy atom. The SMILES string of the molecule is CCCCCCCC(C)C1CCC(=O)N(N2Cc3ccccc3C2)C1=O.O=C(O)C(F)(F)F. The van der Waals surface area contributed by atoms with Crippen LogP contribution in [-0.2, 0) is 27.5 Å². The normalized spacial score (nSPS) is 19.7. The maximum atomic E-state index is 13.1. The summed E-state index contributed by atoms with van der Waals surface area (Å²) in [4.78, 5) is 34.5. The number of unbranched alkanes of at least 4 members (excludes halogenated alkanes) is 4. The molecule has 1 aromatic rings. The quantitative estimate of drug-likeness (QED) is 0.411. The van der Waals surface area contributed by atoms with Gasteiger partial charge in [0.15, 0.2) is 0 Å². The van der Waals surface area contributed by atoms with Crippen LogP contribution >= 0.6 is 0 Å². The zero-order chi connectivity index (χ0) is 24.6. The van der Waals surface area contributed by atoms with Crippen molar-refractivity contribution in [2.75, 3.05) is 0 Å². The van der Waals surface area contributed by atoms with Crippen LogP contribution in [0.15, 0.2) is 24.3 Å². The third-order valence-corrected chi connectivity index (χ3v) is 6.23. The number of hydrogen-bond acceptors (Lipinski definition) is 4. The second-order valence-electron chi connectivity index (χ2n) is 8.76. The minimum atomic E-state index is -5.08. The molecule has 0 aliphatic carbocycles. The second-order valence-corrected chi connectivity index (χ2v) is 8.76. The van der Waals surface area contributed by atoms with Gasteiger partial charge in [-0.15, -0.1) is 0 Å². The predicted molar refractivity (Wildman–Crippen MR) is 116 cm³/mol. The molecule has 2 unspecified atom stereocenters. The molecule has 0 radical (unpaired) electrons. The molecular formula is C24H33F3N2O4. The van der Waals surface area contributed by atoms with E-state index in [0.29, 0.717) is 31.8 Å². The number of fused-ring (bicyclic) bond motifs is 1. The number of amides is 2. The number of carbonyl (C=O) groups excluding carboxylic acids is 2. The summed E-state index contributed by atoms with van der Waals surface area (Å²) in [6, 6.07) is 8.21. The molecule has 0 aromatic heterocycles. The van der Waals surface area contributed by atoms with E-state index in [1.54, 1.807) is 0 Å². The van der Waals surface area contributed by atoms with Crippen molar-refractivity contribution in [2.45, 2.75) is 84.5 Å². The van der Waals surface area contributed by atoms with Crippen LogP contribution in [0.4, 0.5) is 13.2 Å². The standard InChI is InChI=1S/C22H32N2O2.C2HF3O2/c1-3-4-5-6-7-10-17(2)20-13-14-21(25)24(22(20)26)23-15-18-11-8-9-12-19(18)16-23;3-2(4,5)1(6)7/h8-9,11-12,17,20H,3-7,10,13-16H2,1-2H3;(H,6,7). The first-order valence-electron chi connectivity index (χ1n) is 11.5. The number of nitrogens with zero attached hydrogens (tertiary/aromatic N) is 2. The first-order chi connectivity index (χ1) is 15.6. The summed E-state index contributed by atoms with van der Waals surface area (Å²) in [7, 11) is 0. The average Bonchev–Trinajstić information content (AvgIpc) is 3.17. The van der Waals surface area contributed by atoms with Crippen LogP contribution in [0.25, 0.3) is 0 Å². The minimum absolute atomic E-state index is 0.0115. The number of rotatable bonds is 8. The Kier molecular flexibility index (Phi) is 9.88. The molecule has 6 nitrogen and oxygen atoms in total. The third-order valence-electron chi connectivity index (χ3n) is 6.23. The molecule has 3 rings (SSSR count). The Labute approximate surface area is 192 Å². The van der Waals surface area contributed by atoms with E-state index < -0.39 is 12.1 Å². The fourth-order valence-corrected chi connectivity index (χ4v) is 4.34. The number of aliphatic carboxylic acids is 1. The van der Waals surface area contributed by atoms with Crippen LogP contribution in [0, 0.1) is 11.8 Å². The number of alkyl halides is 3. The molecule has 184 valence electrons. The summed E-state index contributed by atoms with van der Waals surface area (Å²) < 4.78 is 31.7. The van der Waals surface area contributed by atoms with Gasteiger partial charge < -0.3 is 5.11 Å². The van der Waals surface area contributed by atoms with Crippen molar-refractivity contribution in [3.8, 4) is 0 Å². The van der Waals surface area contributed by atoms with Crippen molar-refractivity contribution >= 4 is 17.8 Å². The molecule has 2 aliphatic heterocycles. The number of hydrogen-bond donors (Lipinski definition) is 1. The molecule has 0 spiro atoms. The number of carbonyl (C=O) groups is 3. The summed E-state index contributed by atoms with van der Waals surface area (Å²) in [6.07, 6.45) is 3.49. The van der Waals surface area contributed by atoms with E-state index in [1.807, 2.05) is 17.1 Å². The van der Waals surface area contributed by atoms with E-state index in [-0.39, 0.29) is 17.7 Å². The number of benzene rings is 1. The summed E-state index contributed by atoms with van der Waals surface area (Å²) in [5.74, 6) is -2.43. The summed E-state index contributed by atoms with van der Waals surface area (Å²) in [5.41, 5.74) is 2.44. The Morgan fingerprint density at radius 1 is 1.09 bits per heavy atom. The maximum absolute atomic E-state index is 13.1. The topological polar surface area (TPSA) is 77.9 Å². The molecule has 2 aliphatic rings. The zero-order valence-electron chi connectivity index (χ0n) is 19.2. The Bertz CT molecular complexity index is 803. The van der Waals surface area contributed by atoms with Gasteiger partial charge >= 0.3 is 12.1 Å². The van der Waals surface area contributed by atoms with Crippen molar-refractivity contribution in [1.82, 2.24) is 10.0 Å². The van der Waals surface area contributed by atoms with Crippen LogP contribution in [0.2, 0.25) is 0 Å². The largest absolute Gasteiger partial charge is 0.490 e. The van der Waals surface area contributed by atoms with Gasteiger partial charge in [-0.1, -0.05) is 70.2 Å². The van der Waals surface area contributed by atoms with Gasteiger partial charge in [0, 0.05) is 25.4 Å². The van der Waals surface area contributed by atoms with Crippen LogP contribution in [0.5, 0.6) is 0 Å². The number of carboxylic acid groups (broad SMARTS) is 1. The lowest BCUT2D eigenvalue weighted by Crippen LogP contribution is -2.54. The number of imide groups is 1. The fraction of sp³-hybridized carbons (Fsp3) is 0.625. The molecule has 1 aromatic carbocycles. The highest BCUT2D eigenvalue weighted by atomic mass is 19.4. The molecule has 0 saturated carbocycles. The van der Waals surface area contributed by atoms with E-state index in [2.05, 4.69) is 26.0 Å².